The van der Waals surface area contributed by atoms with Gasteiger partial charge in [0, 0.05) is 13.6 Å². The molecule has 0 aliphatic rings. The van der Waals surface area contributed by atoms with Crippen molar-refractivity contribution in [2.75, 3.05) is 25.5 Å². The van der Waals surface area contributed by atoms with E-state index in [9.17, 15) is 13.6 Å². The summed E-state index contributed by atoms with van der Waals surface area (Å²) in [6.07, 6.45) is -2.50. The molecule has 0 fully saturated rings. The number of halogens is 2. The zero-order valence-corrected chi connectivity index (χ0v) is 10.2. The van der Waals surface area contributed by atoms with Crippen LogP contribution in [0.3, 0.4) is 0 Å². The van der Waals surface area contributed by atoms with Gasteiger partial charge in [-0.05, 0) is 6.92 Å². The minimum absolute atomic E-state index is 0.0207. The Balaban J connectivity index is 2.41. The summed E-state index contributed by atoms with van der Waals surface area (Å²) in [6, 6.07) is 0. The van der Waals surface area contributed by atoms with E-state index in [0.29, 0.717) is 11.4 Å². The number of hydrogen-bond donors (Lipinski definition) is 2. The Hall–Kier alpha value is -1.70. The van der Waals surface area contributed by atoms with Gasteiger partial charge >= 0.3 is 0 Å². The monoisotopic (exact) mass is 262 g/mol. The van der Waals surface area contributed by atoms with Crippen LogP contribution in [0.1, 0.15) is 16.2 Å². The average Bonchev–Trinajstić information content (AvgIpc) is 2.52. The maximum absolute atomic E-state index is 11.8. The normalized spacial score (nSPS) is 10.9. The van der Waals surface area contributed by atoms with Gasteiger partial charge in [-0.2, -0.15) is 5.10 Å². The highest BCUT2D eigenvalue weighted by molar-refractivity contribution is 5.97. The maximum Gasteiger partial charge on any atom is 0.271 e. The molecule has 1 heterocycles. The molecule has 6 nitrogen and oxygen atoms in total. The Bertz CT molecular complexity index is 420. The number of ether oxygens (including phenoxy) is 1. The fourth-order valence-corrected chi connectivity index (χ4v) is 1.44. The van der Waals surface area contributed by atoms with Crippen LogP contribution in [0.4, 0.5) is 14.5 Å². The van der Waals surface area contributed by atoms with Crippen molar-refractivity contribution in [3.63, 3.8) is 0 Å². The van der Waals surface area contributed by atoms with E-state index in [1.54, 1.807) is 14.0 Å². The third-order valence-corrected chi connectivity index (χ3v) is 2.26. The van der Waals surface area contributed by atoms with Gasteiger partial charge in [0.2, 0.25) is 0 Å². The topological polar surface area (TPSA) is 82.2 Å². The van der Waals surface area contributed by atoms with Gasteiger partial charge in [-0.25, -0.2) is 8.78 Å². The molecule has 0 aliphatic carbocycles. The number of anilines is 1. The summed E-state index contributed by atoms with van der Waals surface area (Å²) in [4.78, 5) is 11.7. The second-order valence-electron chi connectivity index (χ2n) is 3.69. The highest BCUT2D eigenvalue weighted by atomic mass is 19.3. The number of rotatable bonds is 6. The average molecular weight is 262 g/mol. The number of nitrogen functional groups attached to an aromatic ring is 1. The first-order valence-electron chi connectivity index (χ1n) is 5.36. The summed E-state index contributed by atoms with van der Waals surface area (Å²) in [6.45, 7) is 1.21. The Morgan fingerprint density at radius 3 is 2.78 bits per heavy atom. The molecular weight excluding hydrogens is 246 g/mol. The summed E-state index contributed by atoms with van der Waals surface area (Å²) in [5.74, 6) is -0.406. The maximum atomic E-state index is 11.8. The number of alkyl halides is 2. The lowest BCUT2D eigenvalue weighted by atomic mass is 10.3. The Morgan fingerprint density at radius 1 is 1.61 bits per heavy atom. The molecule has 0 saturated carbocycles. The molecule has 0 unspecified atom stereocenters. The van der Waals surface area contributed by atoms with Gasteiger partial charge in [-0.3, -0.25) is 9.48 Å². The first kappa shape index (κ1) is 14.4. The van der Waals surface area contributed by atoms with Gasteiger partial charge in [-0.15, -0.1) is 0 Å². The van der Waals surface area contributed by atoms with Crippen molar-refractivity contribution >= 4 is 11.6 Å². The first-order chi connectivity index (χ1) is 8.43. The number of hydrogen-bond acceptors (Lipinski definition) is 4. The van der Waals surface area contributed by atoms with E-state index in [-0.39, 0.29) is 18.8 Å². The Morgan fingerprint density at radius 2 is 2.28 bits per heavy atom. The molecule has 1 rings (SSSR count). The molecule has 0 aliphatic heterocycles. The van der Waals surface area contributed by atoms with Crippen molar-refractivity contribution < 1.29 is 18.3 Å². The number of carbonyl (C=O) groups is 1. The van der Waals surface area contributed by atoms with Crippen molar-refractivity contribution in [2.45, 2.75) is 13.3 Å². The molecule has 1 aromatic heterocycles. The minimum atomic E-state index is -2.50. The predicted molar refractivity (Wildman–Crippen MR) is 61.5 cm³/mol. The van der Waals surface area contributed by atoms with E-state index in [2.05, 4.69) is 15.2 Å². The van der Waals surface area contributed by atoms with Gasteiger partial charge in [0.1, 0.15) is 12.3 Å². The third-order valence-electron chi connectivity index (χ3n) is 2.26. The number of aromatic nitrogens is 2. The lowest BCUT2D eigenvalue weighted by Crippen LogP contribution is -2.30. The van der Waals surface area contributed by atoms with Gasteiger partial charge in [-0.1, -0.05) is 0 Å². The molecule has 0 saturated heterocycles. The van der Waals surface area contributed by atoms with E-state index >= 15 is 0 Å². The van der Waals surface area contributed by atoms with Crippen molar-refractivity contribution in [3.05, 3.63) is 11.4 Å². The van der Waals surface area contributed by atoms with Crippen molar-refractivity contribution in [3.8, 4) is 0 Å². The lowest BCUT2D eigenvalue weighted by Gasteiger charge is -2.07. The van der Waals surface area contributed by atoms with Crippen LogP contribution < -0.4 is 11.1 Å². The van der Waals surface area contributed by atoms with Gasteiger partial charge < -0.3 is 15.8 Å². The molecular formula is C10H16F2N4O2. The Kier molecular flexibility index (Phi) is 5.02. The summed E-state index contributed by atoms with van der Waals surface area (Å²) >= 11 is 0. The molecule has 0 spiro atoms. The van der Waals surface area contributed by atoms with E-state index in [1.807, 2.05) is 0 Å². The third kappa shape index (κ3) is 3.66. The Labute approximate surface area is 103 Å². The van der Waals surface area contributed by atoms with Crippen LogP contribution in [0.5, 0.6) is 0 Å². The summed E-state index contributed by atoms with van der Waals surface area (Å²) in [5, 5.41) is 6.52. The number of amides is 1. The lowest BCUT2D eigenvalue weighted by molar-refractivity contribution is 0.0188. The zero-order chi connectivity index (χ0) is 13.7. The molecule has 1 aromatic rings. The molecule has 0 aromatic carbocycles. The van der Waals surface area contributed by atoms with Gasteiger partial charge in [0.05, 0.1) is 18.0 Å². The number of aryl methyl sites for hydroxylation is 2. The molecule has 3 N–H and O–H groups in total. The summed E-state index contributed by atoms with van der Waals surface area (Å²) < 4.78 is 29.5. The quantitative estimate of drug-likeness (QED) is 0.723. The van der Waals surface area contributed by atoms with Crippen LogP contribution >= 0.6 is 0 Å². The minimum Gasteiger partial charge on any atom is -0.395 e. The molecule has 0 atom stereocenters. The highest BCUT2D eigenvalue weighted by Crippen LogP contribution is 2.14. The second kappa shape index (κ2) is 6.29. The number of nitrogens with two attached hydrogens (primary N) is 1. The van der Waals surface area contributed by atoms with Crippen molar-refractivity contribution in [1.29, 1.82) is 0 Å². The highest BCUT2D eigenvalue weighted by Gasteiger charge is 2.17. The van der Waals surface area contributed by atoms with Crippen LogP contribution in [0.15, 0.2) is 0 Å². The number of nitrogens with zero attached hydrogens (tertiary/aromatic N) is 2. The summed E-state index contributed by atoms with van der Waals surface area (Å²) in [5.41, 5.74) is 6.83. The smallest absolute Gasteiger partial charge is 0.271 e. The van der Waals surface area contributed by atoms with Crippen LogP contribution in [0.25, 0.3) is 0 Å². The van der Waals surface area contributed by atoms with Crippen LogP contribution in [0, 0.1) is 6.92 Å². The fraction of sp³-hybridized carbons (Fsp3) is 0.600. The van der Waals surface area contributed by atoms with Crippen LogP contribution in [-0.2, 0) is 11.8 Å². The molecule has 1 amide bonds. The summed E-state index contributed by atoms with van der Waals surface area (Å²) in [7, 11) is 1.60. The molecule has 0 bridgehead atoms. The van der Waals surface area contributed by atoms with Gasteiger partial charge in [0.15, 0.2) is 0 Å². The molecule has 8 heteroatoms. The van der Waals surface area contributed by atoms with Crippen molar-refractivity contribution in [2.24, 2.45) is 7.05 Å². The SMILES string of the molecule is Cc1nn(C)c(C(=O)NCCOCC(F)F)c1N. The van der Waals surface area contributed by atoms with E-state index in [1.165, 1.54) is 4.68 Å². The fourth-order valence-electron chi connectivity index (χ4n) is 1.44. The zero-order valence-electron chi connectivity index (χ0n) is 10.2. The van der Waals surface area contributed by atoms with Gasteiger partial charge in [0.25, 0.3) is 12.3 Å². The van der Waals surface area contributed by atoms with Crippen molar-refractivity contribution in [1.82, 2.24) is 15.1 Å². The first-order valence-corrected chi connectivity index (χ1v) is 5.36. The predicted octanol–water partition coefficient (Wildman–Crippen LogP) is 0.322. The largest absolute Gasteiger partial charge is 0.395 e. The van der Waals surface area contributed by atoms with E-state index in [4.69, 9.17) is 5.73 Å². The van der Waals surface area contributed by atoms with E-state index < -0.39 is 18.9 Å². The van der Waals surface area contributed by atoms with Crippen LogP contribution in [-0.4, -0.2) is 41.9 Å². The van der Waals surface area contributed by atoms with E-state index in [0.717, 1.165) is 0 Å². The molecule has 0 radical (unpaired) electrons. The molecule has 102 valence electrons. The standard InChI is InChI=1S/C10H16F2N4O2/c1-6-8(13)9(16(2)15-6)10(17)14-3-4-18-5-7(11)12/h7H,3-5,13H2,1-2H3,(H,14,17). The number of carbonyl (C=O) groups excluding carboxylic acids is 1. The second-order valence-corrected chi connectivity index (χ2v) is 3.69. The van der Waals surface area contributed by atoms with Crippen LogP contribution in [0.2, 0.25) is 0 Å². The molecule has 18 heavy (non-hydrogen) atoms. The number of nitrogens with one attached hydrogen (secondary N) is 1.